The van der Waals surface area contributed by atoms with E-state index in [2.05, 4.69) is 5.10 Å². The Labute approximate surface area is 141 Å². The summed E-state index contributed by atoms with van der Waals surface area (Å²) in [6, 6.07) is 4.59. The van der Waals surface area contributed by atoms with Gasteiger partial charge in [-0.15, -0.1) is 0 Å². The molecule has 2 aromatic rings. The Bertz CT molecular complexity index is 836. The molecule has 2 rings (SSSR count). The fourth-order valence-corrected chi connectivity index (χ4v) is 2.85. The van der Waals surface area contributed by atoms with Gasteiger partial charge in [-0.2, -0.15) is 18.2 Å². The van der Waals surface area contributed by atoms with Crippen molar-refractivity contribution in [3.05, 3.63) is 21.9 Å². The van der Waals surface area contributed by atoms with Crippen LogP contribution in [0.1, 0.15) is 20.8 Å². The fourth-order valence-electron chi connectivity index (χ4n) is 1.73. The van der Waals surface area contributed by atoms with E-state index in [1.165, 1.54) is 12.1 Å². The van der Waals surface area contributed by atoms with E-state index in [-0.39, 0.29) is 5.75 Å². The number of carbonyl (C=O) groups is 1. The first-order valence-corrected chi connectivity index (χ1v) is 9.17. The summed E-state index contributed by atoms with van der Waals surface area (Å²) in [5.41, 5.74) is -0.249. The molecule has 1 heterocycles. The smallest absolute Gasteiger partial charge is 0.435 e. The highest BCUT2D eigenvalue weighted by Gasteiger charge is 2.22. The number of aromatic nitrogens is 2. The Morgan fingerprint density at radius 3 is 2.50 bits per heavy atom. The van der Waals surface area contributed by atoms with E-state index in [1.807, 2.05) is 22.6 Å². The van der Waals surface area contributed by atoms with E-state index < -0.39 is 21.8 Å². The minimum absolute atomic E-state index is 0.108. The minimum Gasteiger partial charge on any atom is -0.442 e. The number of nitrogens with zero attached hydrogens (tertiary/aromatic N) is 2. The quantitative estimate of drug-likeness (QED) is 0.530. The van der Waals surface area contributed by atoms with Gasteiger partial charge in [0.05, 0.1) is 11.8 Å². The maximum Gasteiger partial charge on any atom is 0.435 e. The summed E-state index contributed by atoms with van der Waals surface area (Å²) in [7, 11) is -3.65. The number of ether oxygens (including phenoxy) is 1. The van der Waals surface area contributed by atoms with Gasteiger partial charge in [0.15, 0.2) is 0 Å². The van der Waals surface area contributed by atoms with Crippen LogP contribution >= 0.6 is 22.6 Å². The average molecular weight is 438 g/mol. The van der Waals surface area contributed by atoms with E-state index in [1.54, 1.807) is 26.8 Å². The molecule has 0 radical (unpaired) electrons. The Morgan fingerprint density at radius 2 is 1.95 bits per heavy atom. The van der Waals surface area contributed by atoms with Crippen LogP contribution in [0.3, 0.4) is 0 Å². The van der Waals surface area contributed by atoms with E-state index in [0.29, 0.717) is 14.6 Å². The molecule has 0 N–H and O–H groups in total. The van der Waals surface area contributed by atoms with Gasteiger partial charge in [0.1, 0.15) is 15.1 Å². The molecule has 0 amide bonds. The van der Waals surface area contributed by atoms with Gasteiger partial charge < -0.3 is 8.92 Å². The molecule has 0 saturated carbocycles. The number of hydrogen-bond acceptors (Lipinski definition) is 6. The monoisotopic (exact) mass is 438 g/mol. The predicted octanol–water partition coefficient (Wildman–Crippen LogP) is 2.76. The molecule has 9 heteroatoms. The second kappa shape index (κ2) is 5.69. The van der Waals surface area contributed by atoms with Crippen molar-refractivity contribution in [2.24, 2.45) is 0 Å². The van der Waals surface area contributed by atoms with E-state index in [0.717, 1.165) is 10.9 Å². The van der Waals surface area contributed by atoms with Gasteiger partial charge in [-0.25, -0.2) is 4.79 Å². The Hall–Kier alpha value is -1.36. The number of halogens is 1. The summed E-state index contributed by atoms with van der Waals surface area (Å²) in [5.74, 6) is 0.108. The van der Waals surface area contributed by atoms with Crippen molar-refractivity contribution in [3.63, 3.8) is 0 Å². The molecule has 0 bridgehead atoms. The van der Waals surface area contributed by atoms with Gasteiger partial charge in [0.25, 0.3) is 0 Å². The molecule has 1 aromatic carbocycles. The van der Waals surface area contributed by atoms with Crippen molar-refractivity contribution in [1.82, 2.24) is 9.78 Å². The Kier molecular flexibility index (Phi) is 4.39. The van der Waals surface area contributed by atoms with Gasteiger partial charge >= 0.3 is 16.2 Å². The minimum atomic E-state index is -3.65. The first-order chi connectivity index (χ1) is 9.96. The van der Waals surface area contributed by atoms with Crippen LogP contribution in [-0.2, 0) is 14.9 Å². The summed E-state index contributed by atoms with van der Waals surface area (Å²) in [5, 5.41) is 4.84. The second-order valence-electron chi connectivity index (χ2n) is 5.65. The van der Waals surface area contributed by atoms with E-state index in [9.17, 15) is 13.2 Å². The van der Waals surface area contributed by atoms with Crippen LogP contribution in [0.2, 0.25) is 0 Å². The number of fused-ring (bicyclic) bond motifs is 1. The predicted molar refractivity (Wildman–Crippen MR) is 89.6 cm³/mol. The molecule has 0 aliphatic rings. The standard InChI is InChI=1S/C13H15IN2O5S/c1-13(2,3)20-12(17)16-10-7-8(21-22(4,18)19)5-6-9(10)11(14)15-16/h5-7H,1-4H3. The molecule has 7 nitrogen and oxygen atoms in total. The SMILES string of the molecule is CC(C)(C)OC(=O)n1nc(I)c2ccc(OS(C)(=O)=O)cc21. The highest BCUT2D eigenvalue weighted by atomic mass is 127. The third-order valence-corrected chi connectivity index (χ3v) is 3.71. The highest BCUT2D eigenvalue weighted by Crippen LogP contribution is 2.26. The van der Waals surface area contributed by atoms with Crippen LogP contribution in [-0.4, -0.2) is 36.1 Å². The van der Waals surface area contributed by atoms with Crippen LogP contribution in [0.25, 0.3) is 10.9 Å². The molecular formula is C13H15IN2O5S. The molecule has 1 aromatic heterocycles. The molecule has 120 valence electrons. The van der Waals surface area contributed by atoms with Gasteiger partial charge in [-0.1, -0.05) is 0 Å². The first-order valence-electron chi connectivity index (χ1n) is 6.27. The third kappa shape index (κ3) is 4.09. The van der Waals surface area contributed by atoms with Gasteiger partial charge in [-0.05, 0) is 55.5 Å². The number of carbonyl (C=O) groups excluding carboxylic acids is 1. The lowest BCUT2D eigenvalue weighted by atomic mass is 10.2. The van der Waals surface area contributed by atoms with Crippen LogP contribution in [0.4, 0.5) is 4.79 Å². The summed E-state index contributed by atoms with van der Waals surface area (Å²) >= 11 is 1.99. The molecule has 22 heavy (non-hydrogen) atoms. The maximum absolute atomic E-state index is 12.2. The van der Waals surface area contributed by atoms with E-state index >= 15 is 0 Å². The van der Waals surface area contributed by atoms with Crippen LogP contribution < -0.4 is 4.18 Å². The fraction of sp³-hybridized carbons (Fsp3) is 0.385. The van der Waals surface area contributed by atoms with Gasteiger partial charge in [0, 0.05) is 11.5 Å². The highest BCUT2D eigenvalue weighted by molar-refractivity contribution is 14.1. The molecule has 0 aliphatic heterocycles. The Morgan fingerprint density at radius 1 is 1.32 bits per heavy atom. The van der Waals surface area contributed by atoms with Crippen LogP contribution in [0.5, 0.6) is 5.75 Å². The van der Waals surface area contributed by atoms with Crippen molar-refractivity contribution in [3.8, 4) is 5.75 Å². The van der Waals surface area contributed by atoms with Crippen molar-refractivity contribution in [1.29, 1.82) is 0 Å². The Balaban J connectivity index is 2.51. The zero-order chi connectivity index (χ0) is 16.7. The normalized spacial score (nSPS) is 12.4. The zero-order valence-electron chi connectivity index (χ0n) is 12.5. The van der Waals surface area contributed by atoms with Crippen LogP contribution in [0, 0.1) is 3.70 Å². The van der Waals surface area contributed by atoms with E-state index in [4.69, 9.17) is 8.92 Å². The van der Waals surface area contributed by atoms with Crippen molar-refractivity contribution in [2.75, 3.05) is 6.26 Å². The lowest BCUT2D eigenvalue weighted by molar-refractivity contribution is 0.0522. The third-order valence-electron chi connectivity index (χ3n) is 2.42. The molecule has 0 atom stereocenters. The van der Waals surface area contributed by atoms with Crippen molar-refractivity contribution in [2.45, 2.75) is 26.4 Å². The van der Waals surface area contributed by atoms with Gasteiger partial charge in [-0.3, -0.25) is 0 Å². The van der Waals surface area contributed by atoms with Crippen molar-refractivity contribution >= 4 is 49.7 Å². The number of benzene rings is 1. The summed E-state index contributed by atoms with van der Waals surface area (Å²) in [6.45, 7) is 5.25. The molecule has 0 spiro atoms. The van der Waals surface area contributed by atoms with Gasteiger partial charge in [0.2, 0.25) is 0 Å². The molecule has 0 unspecified atom stereocenters. The summed E-state index contributed by atoms with van der Waals surface area (Å²) < 4.78 is 34.2. The second-order valence-corrected chi connectivity index (χ2v) is 8.25. The molecule has 0 fully saturated rings. The summed E-state index contributed by atoms with van der Waals surface area (Å²) in [6.07, 6.45) is 0.309. The number of hydrogen-bond donors (Lipinski definition) is 0. The van der Waals surface area contributed by atoms with Crippen molar-refractivity contribution < 1.29 is 22.1 Å². The zero-order valence-corrected chi connectivity index (χ0v) is 15.4. The average Bonchev–Trinajstić information content (AvgIpc) is 2.62. The maximum atomic E-state index is 12.2. The topological polar surface area (TPSA) is 87.5 Å². The molecule has 0 aliphatic carbocycles. The number of rotatable bonds is 2. The largest absolute Gasteiger partial charge is 0.442 e. The first kappa shape index (κ1) is 17.0. The lowest BCUT2D eigenvalue weighted by Gasteiger charge is -2.19. The molecule has 0 saturated heterocycles. The summed E-state index contributed by atoms with van der Waals surface area (Å²) in [4.78, 5) is 12.2. The van der Waals surface area contributed by atoms with Crippen LogP contribution in [0.15, 0.2) is 18.2 Å². The molecular weight excluding hydrogens is 423 g/mol. The lowest BCUT2D eigenvalue weighted by Crippen LogP contribution is -2.27.